The Morgan fingerprint density at radius 2 is 1.77 bits per heavy atom. The molecule has 0 spiro atoms. The summed E-state index contributed by atoms with van der Waals surface area (Å²) < 4.78 is 27.8. The maximum Gasteiger partial charge on any atom is 0.357 e. The third kappa shape index (κ3) is 3.26. The van der Waals surface area contributed by atoms with E-state index in [2.05, 4.69) is 15.9 Å². The van der Waals surface area contributed by atoms with Crippen molar-refractivity contribution in [1.82, 2.24) is 0 Å². The third-order valence-electron chi connectivity index (χ3n) is 3.94. The van der Waals surface area contributed by atoms with E-state index in [1.54, 1.807) is 63.2 Å². The van der Waals surface area contributed by atoms with Crippen LogP contribution in [0.4, 0.5) is 4.39 Å². The summed E-state index contributed by atoms with van der Waals surface area (Å²) in [5.41, 5.74) is -3.54. The number of rotatable bonds is 2. The van der Waals surface area contributed by atoms with Crippen LogP contribution in [0.3, 0.4) is 0 Å². The molecule has 0 saturated heterocycles. The highest BCUT2D eigenvalue weighted by atomic mass is 79.9. The van der Waals surface area contributed by atoms with E-state index in [-0.39, 0.29) is 11.3 Å². The van der Waals surface area contributed by atoms with Gasteiger partial charge in [0.1, 0.15) is 11.4 Å². The minimum Gasteiger partial charge on any atom is -0.480 e. The van der Waals surface area contributed by atoms with Crippen molar-refractivity contribution in [2.75, 3.05) is 0 Å². The lowest BCUT2D eigenvalue weighted by molar-refractivity contribution is -0.172. The van der Waals surface area contributed by atoms with Gasteiger partial charge in [0, 0.05) is 4.47 Å². The number of carbonyl (C=O) groups is 2. The fourth-order valence-corrected chi connectivity index (χ4v) is 3.03. The van der Waals surface area contributed by atoms with Crippen LogP contribution in [0, 0.1) is 0 Å². The quantitative estimate of drug-likeness (QED) is 0.516. The number of halogens is 2. The second kappa shape index (κ2) is 6.50. The summed E-state index contributed by atoms with van der Waals surface area (Å²) in [6.07, 6.45) is -1.44. The molecule has 0 unspecified atom stereocenters. The molecule has 0 amide bonds. The minimum atomic E-state index is -2.98. The van der Waals surface area contributed by atoms with Crippen LogP contribution in [0.1, 0.15) is 42.8 Å². The van der Waals surface area contributed by atoms with Crippen molar-refractivity contribution in [2.24, 2.45) is 0 Å². The molecular weight excluding hydrogens is 403 g/mol. The van der Waals surface area contributed by atoms with E-state index in [0.29, 0.717) is 5.56 Å². The fourth-order valence-electron chi connectivity index (χ4n) is 2.77. The van der Waals surface area contributed by atoms with Gasteiger partial charge in [-0.2, -0.15) is 0 Å². The summed E-state index contributed by atoms with van der Waals surface area (Å²) in [5, 5.41) is 0. The zero-order valence-corrected chi connectivity index (χ0v) is 16.2. The monoisotopic (exact) mass is 420 g/mol. The first-order valence-electron chi connectivity index (χ1n) is 8.11. The van der Waals surface area contributed by atoms with Gasteiger partial charge in [0.05, 0.1) is 5.56 Å². The standard InChI is InChI=1S/C20H18BrFO4/c1-19(2,3)26-18(24)20(22)16(23)14-6-4-5-7-15(14)25-17(20)12-8-10-13(21)11-9-12/h4-11,17H,1-3H3/t17-,20+/m1/s1. The Labute approximate surface area is 159 Å². The van der Waals surface area contributed by atoms with Crippen LogP contribution in [0.5, 0.6) is 5.75 Å². The lowest BCUT2D eigenvalue weighted by atomic mass is 9.82. The predicted molar refractivity (Wildman–Crippen MR) is 98.0 cm³/mol. The minimum absolute atomic E-state index is 0.0224. The van der Waals surface area contributed by atoms with Gasteiger partial charge in [-0.25, -0.2) is 9.18 Å². The molecule has 4 nitrogen and oxygen atoms in total. The summed E-state index contributed by atoms with van der Waals surface area (Å²) in [6.45, 7) is 4.85. The van der Waals surface area contributed by atoms with Gasteiger partial charge in [0.15, 0.2) is 6.10 Å². The van der Waals surface area contributed by atoms with Crippen molar-refractivity contribution in [2.45, 2.75) is 38.1 Å². The van der Waals surface area contributed by atoms with Crippen LogP contribution >= 0.6 is 15.9 Å². The van der Waals surface area contributed by atoms with Crippen molar-refractivity contribution in [3.05, 3.63) is 64.1 Å². The topological polar surface area (TPSA) is 52.6 Å². The number of hydrogen-bond acceptors (Lipinski definition) is 4. The van der Waals surface area contributed by atoms with Gasteiger partial charge in [-0.3, -0.25) is 4.79 Å². The summed E-state index contributed by atoms with van der Waals surface area (Å²) in [4.78, 5) is 25.7. The van der Waals surface area contributed by atoms with Gasteiger partial charge in [-0.1, -0.05) is 40.2 Å². The van der Waals surface area contributed by atoms with Gasteiger partial charge in [-0.15, -0.1) is 0 Å². The number of ether oxygens (including phenoxy) is 2. The number of hydrogen-bond donors (Lipinski definition) is 0. The Bertz CT molecular complexity index is 857. The van der Waals surface area contributed by atoms with Crippen molar-refractivity contribution < 1.29 is 23.5 Å². The number of esters is 1. The van der Waals surface area contributed by atoms with E-state index < -0.39 is 29.1 Å². The van der Waals surface area contributed by atoms with Crippen LogP contribution in [-0.4, -0.2) is 23.0 Å². The Balaban J connectivity index is 2.14. The van der Waals surface area contributed by atoms with E-state index in [1.165, 1.54) is 6.07 Å². The second-order valence-electron chi connectivity index (χ2n) is 7.09. The van der Waals surface area contributed by atoms with E-state index in [9.17, 15) is 9.59 Å². The highest BCUT2D eigenvalue weighted by Gasteiger charge is 2.60. The van der Waals surface area contributed by atoms with Crippen molar-refractivity contribution in [3.63, 3.8) is 0 Å². The predicted octanol–water partition coefficient (Wildman–Crippen LogP) is 4.82. The van der Waals surface area contributed by atoms with Crippen LogP contribution in [0.15, 0.2) is 53.0 Å². The average Bonchev–Trinajstić information content (AvgIpc) is 2.57. The Kier molecular flexibility index (Phi) is 4.65. The highest BCUT2D eigenvalue weighted by Crippen LogP contribution is 2.44. The molecule has 3 rings (SSSR count). The van der Waals surface area contributed by atoms with E-state index in [1.807, 2.05) is 0 Å². The maximum absolute atomic E-state index is 16.1. The first-order chi connectivity index (χ1) is 12.1. The SMILES string of the molecule is CC(C)(C)OC(=O)[C@]1(F)C(=O)c2ccccc2O[C@@H]1c1ccc(Br)cc1. The highest BCUT2D eigenvalue weighted by molar-refractivity contribution is 9.10. The van der Waals surface area contributed by atoms with E-state index >= 15 is 4.39 Å². The summed E-state index contributed by atoms with van der Waals surface area (Å²) >= 11 is 3.31. The van der Waals surface area contributed by atoms with Crippen LogP contribution in [0.2, 0.25) is 0 Å². The first kappa shape index (κ1) is 18.6. The normalized spacial score (nSPS) is 22.3. The molecular formula is C20H18BrFO4. The third-order valence-corrected chi connectivity index (χ3v) is 4.47. The molecule has 0 saturated carbocycles. The van der Waals surface area contributed by atoms with E-state index in [0.717, 1.165) is 4.47 Å². The number of carbonyl (C=O) groups excluding carboxylic acids is 2. The Hall–Kier alpha value is -2.21. The molecule has 0 radical (unpaired) electrons. The molecule has 1 heterocycles. The molecule has 0 aromatic heterocycles. The van der Waals surface area contributed by atoms with Crippen molar-refractivity contribution in [3.8, 4) is 5.75 Å². The number of para-hydroxylation sites is 1. The zero-order chi connectivity index (χ0) is 19.1. The van der Waals surface area contributed by atoms with Gasteiger partial charge in [-0.05, 0) is 50.6 Å². The lowest BCUT2D eigenvalue weighted by Gasteiger charge is -2.37. The van der Waals surface area contributed by atoms with Crippen molar-refractivity contribution >= 4 is 27.7 Å². The smallest absolute Gasteiger partial charge is 0.357 e. The van der Waals surface area contributed by atoms with Crippen molar-refractivity contribution in [1.29, 1.82) is 0 Å². The van der Waals surface area contributed by atoms with Gasteiger partial charge in [0.25, 0.3) is 0 Å². The number of alkyl halides is 1. The molecule has 6 heteroatoms. The van der Waals surface area contributed by atoms with Crippen LogP contribution in [-0.2, 0) is 9.53 Å². The largest absolute Gasteiger partial charge is 0.480 e. The molecule has 0 fully saturated rings. The molecule has 136 valence electrons. The molecule has 0 bridgehead atoms. The Morgan fingerprint density at radius 3 is 2.38 bits per heavy atom. The summed E-state index contributed by atoms with van der Waals surface area (Å²) in [5.74, 6) is -1.97. The molecule has 1 aliphatic heterocycles. The Morgan fingerprint density at radius 1 is 1.15 bits per heavy atom. The zero-order valence-electron chi connectivity index (χ0n) is 14.6. The lowest BCUT2D eigenvalue weighted by Crippen LogP contribution is -2.54. The van der Waals surface area contributed by atoms with Gasteiger partial charge >= 0.3 is 11.6 Å². The molecule has 2 aromatic rings. The summed E-state index contributed by atoms with van der Waals surface area (Å²) in [7, 11) is 0. The summed E-state index contributed by atoms with van der Waals surface area (Å²) in [6, 6.07) is 12.9. The second-order valence-corrected chi connectivity index (χ2v) is 8.00. The molecule has 0 N–H and O–H groups in total. The number of fused-ring (bicyclic) bond motifs is 1. The molecule has 26 heavy (non-hydrogen) atoms. The van der Waals surface area contributed by atoms with Crippen LogP contribution < -0.4 is 4.74 Å². The fraction of sp³-hybridized carbons (Fsp3) is 0.300. The molecule has 2 atom stereocenters. The molecule has 2 aromatic carbocycles. The van der Waals surface area contributed by atoms with Gasteiger partial charge < -0.3 is 9.47 Å². The molecule has 0 aliphatic carbocycles. The number of Topliss-reactive ketones (excluding diaryl/α,β-unsaturated/α-hetero) is 1. The van der Waals surface area contributed by atoms with Crippen LogP contribution in [0.25, 0.3) is 0 Å². The van der Waals surface area contributed by atoms with E-state index in [4.69, 9.17) is 9.47 Å². The van der Waals surface area contributed by atoms with Gasteiger partial charge in [0.2, 0.25) is 5.78 Å². The molecule has 1 aliphatic rings. The average molecular weight is 421 g/mol. The number of ketones is 1. The maximum atomic E-state index is 16.1. The number of benzene rings is 2. The first-order valence-corrected chi connectivity index (χ1v) is 8.90.